The van der Waals surface area contributed by atoms with E-state index in [4.69, 9.17) is 0 Å². The van der Waals surface area contributed by atoms with Crippen molar-refractivity contribution in [3.8, 4) is 0 Å². The minimum absolute atomic E-state index is 0.0595. The van der Waals surface area contributed by atoms with E-state index in [0.717, 1.165) is 30.3 Å². The average molecular weight is 449 g/mol. The van der Waals surface area contributed by atoms with E-state index in [0.29, 0.717) is 24.2 Å². The molecule has 0 bridgehead atoms. The number of halogens is 3. The number of carbonyl (C=O) groups excluding carboxylic acids is 1. The molecular weight excluding hydrogens is 426 g/mol. The van der Waals surface area contributed by atoms with Crippen LogP contribution in [-0.2, 0) is 11.3 Å². The molecule has 2 fully saturated rings. The minimum atomic E-state index is -0.331. The van der Waals surface area contributed by atoms with Crippen LogP contribution in [-0.4, -0.2) is 28.9 Å². The minimum Gasteiger partial charge on any atom is -0.306 e. The van der Waals surface area contributed by atoms with E-state index >= 15 is 0 Å². The number of likely N-dealkylation sites (tertiary alicyclic amines) is 1. The number of hydrogen-bond acceptors (Lipinski definition) is 2. The smallest absolute Gasteiger partial charge is 0.227 e. The summed E-state index contributed by atoms with van der Waals surface area (Å²) in [6.07, 6.45) is 2.87. The quantitative estimate of drug-likeness (QED) is 0.637. The first-order valence-corrected chi connectivity index (χ1v) is 10.4. The Labute approximate surface area is 172 Å². The second-order valence-corrected chi connectivity index (χ2v) is 8.86. The Bertz CT molecular complexity index is 906. The second kappa shape index (κ2) is 7.56. The summed E-state index contributed by atoms with van der Waals surface area (Å²) in [4.78, 5) is 16.7. The number of benzene rings is 2. The third-order valence-electron chi connectivity index (χ3n) is 6.14. The molecular formula is C22H23BrF2N2O. The van der Waals surface area contributed by atoms with Gasteiger partial charge in [-0.05, 0) is 62.6 Å². The molecule has 0 aliphatic carbocycles. The molecule has 2 aliphatic rings. The van der Waals surface area contributed by atoms with Crippen molar-refractivity contribution >= 4 is 27.5 Å². The van der Waals surface area contributed by atoms with Crippen LogP contribution in [0.4, 0.5) is 14.5 Å². The maximum absolute atomic E-state index is 14.2. The molecule has 4 rings (SSSR count). The van der Waals surface area contributed by atoms with E-state index in [2.05, 4.69) is 27.8 Å². The van der Waals surface area contributed by atoms with Gasteiger partial charge in [-0.1, -0.05) is 22.0 Å². The zero-order chi connectivity index (χ0) is 19.9. The summed E-state index contributed by atoms with van der Waals surface area (Å²) in [6, 6.07) is 11.5. The van der Waals surface area contributed by atoms with Gasteiger partial charge in [0.05, 0.1) is 5.54 Å². The molecule has 2 aromatic rings. The molecule has 28 heavy (non-hydrogen) atoms. The van der Waals surface area contributed by atoms with Gasteiger partial charge >= 0.3 is 0 Å². The highest BCUT2D eigenvalue weighted by Crippen LogP contribution is 2.44. The normalized spacial score (nSPS) is 25.6. The standard InChI is InChI=1S/C22H23BrF2N2O/c1-15-13-22(8-7-21(28)27(22)19-4-2-3-18(24)12-19)9-10-26(15)14-16-11-17(23)5-6-20(16)25/h2-6,11-12,15H,7-10,13-14H2,1H3/t15-,22+/m1/s1. The van der Waals surface area contributed by atoms with Crippen molar-refractivity contribution in [1.82, 2.24) is 4.90 Å². The monoisotopic (exact) mass is 448 g/mol. The average Bonchev–Trinajstić information content (AvgIpc) is 2.96. The predicted molar refractivity (Wildman–Crippen MR) is 109 cm³/mol. The summed E-state index contributed by atoms with van der Waals surface area (Å²) in [5.41, 5.74) is 1.03. The van der Waals surface area contributed by atoms with Gasteiger partial charge in [-0.2, -0.15) is 0 Å². The molecule has 1 spiro atoms. The molecule has 148 valence electrons. The van der Waals surface area contributed by atoms with Gasteiger partial charge < -0.3 is 4.90 Å². The van der Waals surface area contributed by atoms with E-state index in [-0.39, 0.29) is 29.1 Å². The summed E-state index contributed by atoms with van der Waals surface area (Å²) in [5.74, 6) is -0.472. The van der Waals surface area contributed by atoms with Gasteiger partial charge in [-0.25, -0.2) is 8.78 Å². The Hall–Kier alpha value is -1.79. The lowest BCUT2D eigenvalue weighted by atomic mass is 9.81. The molecule has 0 radical (unpaired) electrons. The molecule has 0 unspecified atom stereocenters. The highest BCUT2D eigenvalue weighted by molar-refractivity contribution is 9.10. The Morgan fingerprint density at radius 2 is 2.00 bits per heavy atom. The Kier molecular flexibility index (Phi) is 5.27. The lowest BCUT2D eigenvalue weighted by molar-refractivity contribution is -0.117. The second-order valence-electron chi connectivity index (χ2n) is 7.94. The van der Waals surface area contributed by atoms with Gasteiger partial charge in [-0.3, -0.25) is 9.69 Å². The number of anilines is 1. The number of piperidine rings is 1. The number of hydrogen-bond donors (Lipinski definition) is 0. The van der Waals surface area contributed by atoms with Crippen molar-refractivity contribution in [2.24, 2.45) is 0 Å². The fraction of sp³-hybridized carbons (Fsp3) is 0.409. The third kappa shape index (κ3) is 3.60. The van der Waals surface area contributed by atoms with Crippen molar-refractivity contribution in [1.29, 1.82) is 0 Å². The highest BCUT2D eigenvalue weighted by atomic mass is 79.9. The zero-order valence-corrected chi connectivity index (χ0v) is 17.4. The van der Waals surface area contributed by atoms with Crippen molar-refractivity contribution in [3.05, 3.63) is 64.1 Å². The van der Waals surface area contributed by atoms with Crippen LogP contribution in [0.2, 0.25) is 0 Å². The van der Waals surface area contributed by atoms with Gasteiger partial charge in [-0.15, -0.1) is 0 Å². The van der Waals surface area contributed by atoms with Crippen LogP contribution in [0, 0.1) is 11.6 Å². The van der Waals surface area contributed by atoms with Crippen LogP contribution < -0.4 is 4.90 Å². The van der Waals surface area contributed by atoms with Gasteiger partial charge in [0.2, 0.25) is 5.91 Å². The molecule has 2 aromatic carbocycles. The van der Waals surface area contributed by atoms with Crippen molar-refractivity contribution < 1.29 is 13.6 Å². The van der Waals surface area contributed by atoms with E-state index in [1.165, 1.54) is 18.2 Å². The zero-order valence-electron chi connectivity index (χ0n) is 15.8. The maximum Gasteiger partial charge on any atom is 0.227 e. The molecule has 2 aliphatic heterocycles. The van der Waals surface area contributed by atoms with Crippen molar-refractivity contribution in [2.75, 3.05) is 11.4 Å². The van der Waals surface area contributed by atoms with E-state index in [1.807, 2.05) is 17.0 Å². The van der Waals surface area contributed by atoms with E-state index in [1.54, 1.807) is 12.1 Å². The predicted octanol–water partition coefficient (Wildman–Crippen LogP) is 5.28. The molecule has 6 heteroatoms. The van der Waals surface area contributed by atoms with Crippen LogP contribution >= 0.6 is 15.9 Å². The fourth-order valence-corrected chi connectivity index (χ4v) is 5.17. The molecule has 0 N–H and O–H groups in total. The molecule has 2 heterocycles. The third-order valence-corrected chi connectivity index (χ3v) is 6.63. The number of nitrogens with zero attached hydrogens (tertiary/aromatic N) is 2. The summed E-state index contributed by atoms with van der Waals surface area (Å²) < 4.78 is 28.8. The van der Waals surface area contributed by atoms with Gasteiger partial charge in [0.1, 0.15) is 11.6 Å². The van der Waals surface area contributed by atoms with Crippen LogP contribution in [0.1, 0.15) is 38.2 Å². The van der Waals surface area contributed by atoms with E-state index < -0.39 is 0 Å². The van der Waals surface area contributed by atoms with Crippen LogP contribution in [0.25, 0.3) is 0 Å². The summed E-state index contributed by atoms with van der Waals surface area (Å²) >= 11 is 3.41. The van der Waals surface area contributed by atoms with Gasteiger partial charge in [0.25, 0.3) is 0 Å². The van der Waals surface area contributed by atoms with Crippen LogP contribution in [0.3, 0.4) is 0 Å². The first-order chi connectivity index (χ1) is 13.4. The summed E-state index contributed by atoms with van der Waals surface area (Å²) in [5, 5.41) is 0. The Morgan fingerprint density at radius 3 is 2.75 bits per heavy atom. The molecule has 2 saturated heterocycles. The highest BCUT2D eigenvalue weighted by Gasteiger charge is 2.49. The molecule has 3 nitrogen and oxygen atoms in total. The lowest BCUT2D eigenvalue weighted by Gasteiger charge is -2.48. The Morgan fingerprint density at radius 1 is 1.18 bits per heavy atom. The van der Waals surface area contributed by atoms with Gasteiger partial charge in [0.15, 0.2) is 0 Å². The summed E-state index contributed by atoms with van der Waals surface area (Å²) in [7, 11) is 0. The van der Waals surface area contributed by atoms with E-state index in [9.17, 15) is 13.6 Å². The number of amides is 1. The largest absolute Gasteiger partial charge is 0.306 e. The maximum atomic E-state index is 14.2. The summed E-state index contributed by atoms with van der Waals surface area (Å²) in [6.45, 7) is 3.44. The number of carbonyl (C=O) groups is 1. The van der Waals surface area contributed by atoms with Crippen LogP contribution in [0.15, 0.2) is 46.9 Å². The SMILES string of the molecule is C[C@@H]1C[C@]2(CCC(=O)N2c2cccc(F)c2)CCN1Cc1cc(Br)ccc1F. The molecule has 2 atom stereocenters. The van der Waals surface area contributed by atoms with Crippen molar-refractivity contribution in [2.45, 2.75) is 50.7 Å². The van der Waals surface area contributed by atoms with Crippen LogP contribution in [0.5, 0.6) is 0 Å². The topological polar surface area (TPSA) is 23.6 Å². The lowest BCUT2D eigenvalue weighted by Crippen LogP contribution is -2.56. The van der Waals surface area contributed by atoms with Gasteiger partial charge in [0, 0.05) is 41.3 Å². The first kappa shape index (κ1) is 19.5. The molecule has 1 amide bonds. The fourth-order valence-electron chi connectivity index (χ4n) is 4.76. The first-order valence-electron chi connectivity index (χ1n) is 9.65. The molecule has 0 aromatic heterocycles. The Balaban J connectivity index is 1.55. The number of rotatable bonds is 3. The van der Waals surface area contributed by atoms with Crippen molar-refractivity contribution in [3.63, 3.8) is 0 Å². The molecule has 0 saturated carbocycles.